The Balaban J connectivity index is 2.42. The minimum Gasteiger partial charge on any atom is -0.507 e. The Labute approximate surface area is 112 Å². The lowest BCUT2D eigenvalue weighted by molar-refractivity contribution is -0.144. The average Bonchev–Trinajstić information content (AvgIpc) is 2.42. The monoisotopic (exact) mass is 258 g/mol. The third kappa shape index (κ3) is 2.55. The number of hydrogen-bond donors (Lipinski definition) is 1. The van der Waals surface area contributed by atoms with Crippen LogP contribution in [0.4, 0.5) is 0 Å². The first-order chi connectivity index (χ1) is 8.95. The second-order valence-electron chi connectivity index (χ2n) is 5.26. The molecule has 0 unspecified atom stereocenters. The summed E-state index contributed by atoms with van der Waals surface area (Å²) in [5.41, 5.74) is -0.515. The first kappa shape index (κ1) is 13.4. The Morgan fingerprint density at radius 3 is 2.42 bits per heavy atom. The molecule has 2 rings (SSSR count). The molecule has 0 aliphatic heterocycles. The van der Waals surface area contributed by atoms with Crippen LogP contribution in [0.25, 0.3) is 10.8 Å². The van der Waals surface area contributed by atoms with Crippen LogP contribution >= 0.6 is 0 Å². The zero-order valence-electron chi connectivity index (χ0n) is 11.4. The van der Waals surface area contributed by atoms with E-state index in [4.69, 9.17) is 4.74 Å². The fourth-order valence-electron chi connectivity index (χ4n) is 1.73. The molecule has 0 atom stereocenters. The fraction of sp³-hybridized carbons (Fsp3) is 0.312. The molecule has 0 radical (unpaired) electrons. The van der Waals surface area contributed by atoms with Gasteiger partial charge in [-0.2, -0.15) is 0 Å². The molecule has 0 saturated carbocycles. The van der Waals surface area contributed by atoms with Crippen molar-refractivity contribution in [2.24, 2.45) is 5.41 Å². The van der Waals surface area contributed by atoms with Gasteiger partial charge in [0.05, 0.1) is 5.41 Å². The van der Waals surface area contributed by atoms with Crippen molar-refractivity contribution in [1.82, 2.24) is 0 Å². The van der Waals surface area contributed by atoms with E-state index in [1.807, 2.05) is 39.0 Å². The van der Waals surface area contributed by atoms with Crippen molar-refractivity contribution in [3.63, 3.8) is 0 Å². The van der Waals surface area contributed by atoms with Crippen LogP contribution in [0, 0.1) is 5.41 Å². The third-order valence-electron chi connectivity index (χ3n) is 3.50. The minimum absolute atomic E-state index is 0.185. The fourth-order valence-corrected chi connectivity index (χ4v) is 1.73. The van der Waals surface area contributed by atoms with Crippen LogP contribution in [0.3, 0.4) is 0 Å². The van der Waals surface area contributed by atoms with Crippen LogP contribution in [0.5, 0.6) is 11.5 Å². The summed E-state index contributed by atoms with van der Waals surface area (Å²) in [5.74, 6) is 0.413. The molecule has 1 N–H and O–H groups in total. The highest BCUT2D eigenvalue weighted by molar-refractivity contribution is 5.94. The number of rotatable bonds is 3. The zero-order valence-corrected chi connectivity index (χ0v) is 11.4. The number of esters is 1. The van der Waals surface area contributed by atoms with Crippen molar-refractivity contribution in [1.29, 1.82) is 0 Å². The number of carbonyl (C=O) groups excluding carboxylic acids is 1. The molecule has 2 aromatic rings. The highest BCUT2D eigenvalue weighted by atomic mass is 16.5. The number of carbonyl (C=O) groups is 1. The van der Waals surface area contributed by atoms with Crippen LogP contribution in [0.15, 0.2) is 36.4 Å². The normalized spacial score (nSPS) is 11.5. The van der Waals surface area contributed by atoms with Gasteiger partial charge >= 0.3 is 5.97 Å². The summed E-state index contributed by atoms with van der Waals surface area (Å²) in [6.45, 7) is 5.67. The Hall–Kier alpha value is -2.03. The van der Waals surface area contributed by atoms with Crippen molar-refractivity contribution in [3.8, 4) is 11.5 Å². The van der Waals surface area contributed by atoms with E-state index >= 15 is 0 Å². The second kappa shape index (κ2) is 4.92. The summed E-state index contributed by atoms with van der Waals surface area (Å²) in [5, 5.41) is 11.2. The molecule has 2 aromatic carbocycles. The van der Waals surface area contributed by atoms with Crippen LogP contribution in [-0.2, 0) is 4.79 Å². The van der Waals surface area contributed by atoms with Crippen LogP contribution in [0.1, 0.15) is 27.2 Å². The first-order valence-corrected chi connectivity index (χ1v) is 6.38. The molecule has 0 amide bonds. The van der Waals surface area contributed by atoms with Gasteiger partial charge in [0.2, 0.25) is 0 Å². The quantitative estimate of drug-likeness (QED) is 0.671. The molecular weight excluding hydrogens is 240 g/mol. The van der Waals surface area contributed by atoms with Gasteiger partial charge in [-0.15, -0.1) is 0 Å². The van der Waals surface area contributed by atoms with Crippen LogP contribution < -0.4 is 4.74 Å². The summed E-state index contributed by atoms with van der Waals surface area (Å²) < 4.78 is 5.49. The number of hydrogen-bond acceptors (Lipinski definition) is 3. The Kier molecular flexibility index (Phi) is 3.47. The number of phenolic OH excluding ortho intramolecular Hbond substituents is 1. The molecule has 0 bridgehead atoms. The average molecular weight is 258 g/mol. The third-order valence-corrected chi connectivity index (χ3v) is 3.50. The van der Waals surface area contributed by atoms with Crippen molar-refractivity contribution in [3.05, 3.63) is 36.4 Å². The van der Waals surface area contributed by atoms with Crippen LogP contribution in [0.2, 0.25) is 0 Å². The maximum absolute atomic E-state index is 12.1. The van der Waals surface area contributed by atoms with Gasteiger partial charge in [0.1, 0.15) is 11.5 Å². The molecule has 0 heterocycles. The van der Waals surface area contributed by atoms with Gasteiger partial charge in [-0.1, -0.05) is 31.2 Å². The second-order valence-corrected chi connectivity index (χ2v) is 5.26. The Morgan fingerprint density at radius 2 is 1.79 bits per heavy atom. The van der Waals surface area contributed by atoms with E-state index in [-0.39, 0.29) is 11.7 Å². The predicted octanol–water partition coefficient (Wildman–Crippen LogP) is 3.89. The number of phenols is 1. The highest BCUT2D eigenvalue weighted by Crippen LogP contribution is 2.33. The summed E-state index contributed by atoms with van der Waals surface area (Å²) in [7, 11) is 0. The van der Waals surface area contributed by atoms with Crippen molar-refractivity contribution >= 4 is 16.7 Å². The molecule has 0 aliphatic rings. The van der Waals surface area contributed by atoms with Crippen molar-refractivity contribution in [2.75, 3.05) is 0 Å². The zero-order chi connectivity index (χ0) is 14.0. The standard InChI is InChI=1S/C16H18O3/c1-4-16(2,3)15(18)19-14-10-9-13(17)11-7-5-6-8-12(11)14/h5-10,17H,4H2,1-3H3. The molecule has 0 aliphatic carbocycles. The number of fused-ring (bicyclic) bond motifs is 1. The van der Waals surface area contributed by atoms with Gasteiger partial charge in [-0.25, -0.2) is 0 Å². The van der Waals surface area contributed by atoms with Crippen molar-refractivity contribution in [2.45, 2.75) is 27.2 Å². The Morgan fingerprint density at radius 1 is 1.16 bits per heavy atom. The highest BCUT2D eigenvalue weighted by Gasteiger charge is 2.28. The molecule has 0 fully saturated rings. The first-order valence-electron chi connectivity index (χ1n) is 6.38. The molecular formula is C16H18O3. The van der Waals surface area contributed by atoms with Gasteiger partial charge < -0.3 is 9.84 Å². The smallest absolute Gasteiger partial charge is 0.316 e. The molecule has 3 heteroatoms. The predicted molar refractivity (Wildman–Crippen MR) is 75.3 cm³/mol. The number of benzene rings is 2. The van der Waals surface area contributed by atoms with Gasteiger partial charge in [-0.3, -0.25) is 4.79 Å². The van der Waals surface area contributed by atoms with Crippen LogP contribution in [-0.4, -0.2) is 11.1 Å². The summed E-state index contributed by atoms with van der Waals surface area (Å²) in [6.07, 6.45) is 0.710. The van der Waals surface area contributed by atoms with Gasteiger partial charge in [0.25, 0.3) is 0 Å². The minimum atomic E-state index is -0.515. The lowest BCUT2D eigenvalue weighted by atomic mass is 9.90. The maximum Gasteiger partial charge on any atom is 0.316 e. The molecule has 19 heavy (non-hydrogen) atoms. The SMILES string of the molecule is CCC(C)(C)C(=O)Oc1ccc(O)c2ccccc12. The molecule has 0 saturated heterocycles. The lowest BCUT2D eigenvalue weighted by Crippen LogP contribution is -2.28. The largest absolute Gasteiger partial charge is 0.507 e. The summed E-state index contributed by atoms with van der Waals surface area (Å²) in [6, 6.07) is 10.5. The van der Waals surface area contributed by atoms with E-state index in [0.717, 1.165) is 5.39 Å². The molecule has 0 spiro atoms. The van der Waals surface area contributed by atoms with E-state index in [0.29, 0.717) is 17.6 Å². The van der Waals surface area contributed by atoms with Gasteiger partial charge in [0, 0.05) is 10.8 Å². The molecule has 100 valence electrons. The van der Waals surface area contributed by atoms with Gasteiger partial charge in [0.15, 0.2) is 0 Å². The van der Waals surface area contributed by atoms with E-state index < -0.39 is 5.41 Å². The maximum atomic E-state index is 12.1. The van der Waals surface area contributed by atoms with E-state index in [1.165, 1.54) is 0 Å². The van der Waals surface area contributed by atoms with Crippen molar-refractivity contribution < 1.29 is 14.6 Å². The summed E-state index contributed by atoms with van der Waals surface area (Å²) in [4.78, 5) is 12.1. The molecule has 3 nitrogen and oxygen atoms in total. The number of aromatic hydroxyl groups is 1. The van der Waals surface area contributed by atoms with Gasteiger partial charge in [-0.05, 0) is 32.4 Å². The summed E-state index contributed by atoms with van der Waals surface area (Å²) >= 11 is 0. The topological polar surface area (TPSA) is 46.5 Å². The lowest BCUT2D eigenvalue weighted by Gasteiger charge is -2.20. The Bertz CT molecular complexity index is 614. The van der Waals surface area contributed by atoms with E-state index in [1.54, 1.807) is 18.2 Å². The number of ether oxygens (including phenoxy) is 1. The van der Waals surface area contributed by atoms with E-state index in [9.17, 15) is 9.90 Å². The molecule has 0 aromatic heterocycles. The van der Waals surface area contributed by atoms with E-state index in [2.05, 4.69) is 0 Å².